The Labute approximate surface area is 227 Å². The van der Waals surface area contributed by atoms with Crippen LogP contribution in [0.1, 0.15) is 58.5 Å². The minimum atomic E-state index is -0.664. The van der Waals surface area contributed by atoms with Crippen LogP contribution in [-0.2, 0) is 6.54 Å². The maximum atomic E-state index is 13.1. The first-order chi connectivity index (χ1) is 19.4. The van der Waals surface area contributed by atoms with Crippen molar-refractivity contribution in [3.05, 3.63) is 59.3 Å². The van der Waals surface area contributed by atoms with E-state index in [0.717, 1.165) is 25.8 Å². The minimum Gasteiger partial charge on any atom is -0.493 e. The predicted octanol–water partition coefficient (Wildman–Crippen LogP) is 2.19. The molecule has 1 aliphatic rings. The molecule has 1 aliphatic heterocycles. The fraction of sp³-hybridized carbons (Fsp3) is 0.320. The number of benzene rings is 1. The van der Waals surface area contributed by atoms with E-state index < -0.39 is 11.9 Å². The van der Waals surface area contributed by atoms with E-state index in [0.29, 0.717) is 23.8 Å². The number of esters is 1. The van der Waals surface area contributed by atoms with Crippen LogP contribution >= 0.6 is 0 Å². The maximum Gasteiger partial charge on any atom is 0.379 e. The van der Waals surface area contributed by atoms with Crippen LogP contribution in [0.25, 0.3) is 5.82 Å². The molecule has 5 rings (SSSR count). The minimum absolute atomic E-state index is 0.0232. The first kappa shape index (κ1) is 26.6. The van der Waals surface area contributed by atoms with Crippen LogP contribution in [0.3, 0.4) is 0 Å². The Morgan fingerprint density at radius 1 is 1.25 bits per heavy atom. The molecule has 208 valence electrons. The second-order valence-electron chi connectivity index (χ2n) is 9.06. The van der Waals surface area contributed by atoms with E-state index >= 15 is 0 Å². The summed E-state index contributed by atoms with van der Waals surface area (Å²) in [5, 5.41) is 19.6. The zero-order valence-electron chi connectivity index (χ0n) is 21.8. The largest absolute Gasteiger partial charge is 0.493 e. The van der Waals surface area contributed by atoms with Gasteiger partial charge in [-0.05, 0) is 72.5 Å². The van der Waals surface area contributed by atoms with Gasteiger partial charge in [0.25, 0.3) is 5.91 Å². The van der Waals surface area contributed by atoms with Crippen molar-refractivity contribution in [2.45, 2.75) is 38.8 Å². The second-order valence-corrected chi connectivity index (χ2v) is 9.06. The van der Waals surface area contributed by atoms with Gasteiger partial charge in [0.15, 0.2) is 17.2 Å². The standard InChI is InChI=1S/C25H27N9O6/c1-15-6-3-4-10-33(15)14-17-21(28-32-34(17)23-22(26)30-40-31-23)24(35)29-27-13-16-8-9-18(20(12-16)37-2)39-25(36)19-7-5-11-38-19/h5,7-9,11-13,15H,3-4,6,10,14H2,1-2H3,(H2,26,30)(H,29,35)/b27-13-. The highest BCUT2D eigenvalue weighted by atomic mass is 16.6. The Bertz CT molecular complexity index is 1510. The van der Waals surface area contributed by atoms with Crippen molar-refractivity contribution in [1.82, 2.24) is 35.6 Å². The molecule has 0 aliphatic carbocycles. The van der Waals surface area contributed by atoms with E-state index in [1.165, 1.54) is 30.3 Å². The van der Waals surface area contributed by atoms with Crippen molar-refractivity contribution >= 4 is 23.9 Å². The fourth-order valence-electron chi connectivity index (χ4n) is 4.32. The number of hydrogen-bond acceptors (Lipinski definition) is 13. The number of methoxy groups -OCH3 is 1. The number of nitrogens with two attached hydrogens (primary N) is 1. The third-order valence-electron chi connectivity index (χ3n) is 6.46. The number of anilines is 1. The number of carbonyl (C=O) groups is 2. The number of likely N-dealkylation sites (tertiary alicyclic amines) is 1. The first-order valence-electron chi connectivity index (χ1n) is 12.5. The summed E-state index contributed by atoms with van der Waals surface area (Å²) in [6.07, 6.45) is 6.03. The molecule has 1 fully saturated rings. The van der Waals surface area contributed by atoms with Crippen LogP contribution in [-0.4, -0.2) is 68.0 Å². The molecule has 15 nitrogen and oxygen atoms in total. The van der Waals surface area contributed by atoms with E-state index in [1.807, 2.05) is 0 Å². The summed E-state index contributed by atoms with van der Waals surface area (Å²) in [6, 6.07) is 8.18. The van der Waals surface area contributed by atoms with Gasteiger partial charge in [-0.25, -0.2) is 14.8 Å². The lowest BCUT2D eigenvalue weighted by Crippen LogP contribution is -2.38. The summed E-state index contributed by atoms with van der Waals surface area (Å²) in [4.78, 5) is 27.6. The molecule has 4 heterocycles. The van der Waals surface area contributed by atoms with Crippen molar-refractivity contribution in [1.29, 1.82) is 0 Å². The van der Waals surface area contributed by atoms with Gasteiger partial charge < -0.3 is 19.6 Å². The molecule has 4 aromatic rings. The molecule has 3 N–H and O–H groups in total. The molecular weight excluding hydrogens is 522 g/mol. The maximum absolute atomic E-state index is 13.1. The SMILES string of the molecule is COc1cc(/C=N\NC(=O)c2nnn(-c3nonc3N)c2CN2CCCCC2C)ccc1OC(=O)c1ccco1. The highest BCUT2D eigenvalue weighted by Crippen LogP contribution is 2.28. The summed E-state index contributed by atoms with van der Waals surface area (Å²) in [7, 11) is 1.44. The topological polar surface area (TPSA) is 189 Å². The van der Waals surface area contributed by atoms with Gasteiger partial charge in [0.1, 0.15) is 0 Å². The van der Waals surface area contributed by atoms with Crippen molar-refractivity contribution in [3.63, 3.8) is 0 Å². The molecule has 15 heteroatoms. The summed E-state index contributed by atoms with van der Waals surface area (Å²) in [5.74, 6) is -0.528. The predicted molar refractivity (Wildman–Crippen MR) is 139 cm³/mol. The molecule has 0 saturated carbocycles. The van der Waals surface area contributed by atoms with E-state index in [4.69, 9.17) is 24.3 Å². The number of rotatable bonds is 9. The van der Waals surface area contributed by atoms with Gasteiger partial charge in [-0.1, -0.05) is 11.6 Å². The molecule has 1 saturated heterocycles. The van der Waals surface area contributed by atoms with Gasteiger partial charge in [-0.3, -0.25) is 9.69 Å². The van der Waals surface area contributed by atoms with Crippen LogP contribution in [0.2, 0.25) is 0 Å². The van der Waals surface area contributed by atoms with Gasteiger partial charge in [0.2, 0.25) is 17.4 Å². The van der Waals surface area contributed by atoms with E-state index in [1.54, 1.807) is 24.3 Å². The highest BCUT2D eigenvalue weighted by molar-refractivity contribution is 5.94. The average Bonchev–Trinajstić information content (AvgIpc) is 3.72. The number of furan rings is 1. The number of aromatic nitrogens is 5. The Balaban J connectivity index is 1.32. The summed E-state index contributed by atoms with van der Waals surface area (Å²) < 4.78 is 21.8. The lowest BCUT2D eigenvalue weighted by molar-refractivity contribution is 0.0696. The molecule has 1 aromatic carbocycles. The van der Waals surface area contributed by atoms with Crippen LogP contribution in [0.4, 0.5) is 5.82 Å². The average molecular weight is 550 g/mol. The number of nitrogens with one attached hydrogen (secondary N) is 1. The lowest BCUT2D eigenvalue weighted by Gasteiger charge is -2.33. The Morgan fingerprint density at radius 3 is 2.85 bits per heavy atom. The smallest absolute Gasteiger partial charge is 0.379 e. The van der Waals surface area contributed by atoms with E-state index in [-0.39, 0.29) is 34.6 Å². The quantitative estimate of drug-likeness (QED) is 0.134. The van der Waals surface area contributed by atoms with Crippen LogP contribution < -0.4 is 20.6 Å². The molecule has 3 aromatic heterocycles. The summed E-state index contributed by atoms with van der Waals surface area (Å²) in [5.41, 5.74) is 9.48. The molecule has 0 bridgehead atoms. The highest BCUT2D eigenvalue weighted by Gasteiger charge is 2.28. The number of ether oxygens (including phenoxy) is 2. The number of hydrogen-bond donors (Lipinski definition) is 2. The molecule has 0 radical (unpaired) electrons. The lowest BCUT2D eigenvalue weighted by atomic mass is 10.0. The number of amides is 1. The zero-order valence-corrected chi connectivity index (χ0v) is 21.8. The molecule has 0 spiro atoms. The Morgan fingerprint density at radius 2 is 2.12 bits per heavy atom. The number of piperidine rings is 1. The normalized spacial score (nSPS) is 15.8. The molecule has 1 unspecified atom stereocenters. The summed E-state index contributed by atoms with van der Waals surface area (Å²) >= 11 is 0. The number of hydrazone groups is 1. The van der Waals surface area contributed by atoms with Crippen molar-refractivity contribution < 1.29 is 28.1 Å². The van der Waals surface area contributed by atoms with Crippen LogP contribution in [0.15, 0.2) is 50.7 Å². The van der Waals surface area contributed by atoms with Crippen molar-refractivity contribution in [2.24, 2.45) is 5.10 Å². The van der Waals surface area contributed by atoms with Crippen LogP contribution in [0.5, 0.6) is 11.5 Å². The monoisotopic (exact) mass is 549 g/mol. The van der Waals surface area contributed by atoms with Gasteiger partial charge in [0, 0.05) is 12.6 Å². The van der Waals surface area contributed by atoms with Crippen molar-refractivity contribution in [3.8, 4) is 17.3 Å². The van der Waals surface area contributed by atoms with Crippen molar-refractivity contribution in [2.75, 3.05) is 19.4 Å². The Kier molecular flexibility index (Phi) is 7.82. The number of nitrogens with zero attached hydrogens (tertiary/aromatic N) is 7. The van der Waals surface area contributed by atoms with Gasteiger partial charge in [-0.2, -0.15) is 9.78 Å². The van der Waals surface area contributed by atoms with Gasteiger partial charge >= 0.3 is 5.97 Å². The number of nitrogen functional groups attached to an aromatic ring is 1. The molecular formula is C25H27N9O6. The third-order valence-corrected chi connectivity index (χ3v) is 6.46. The first-order valence-corrected chi connectivity index (χ1v) is 12.5. The van der Waals surface area contributed by atoms with Crippen LogP contribution in [0, 0.1) is 0 Å². The molecule has 1 amide bonds. The summed E-state index contributed by atoms with van der Waals surface area (Å²) in [6.45, 7) is 3.40. The van der Waals surface area contributed by atoms with Gasteiger partial charge in [0.05, 0.1) is 25.3 Å². The van der Waals surface area contributed by atoms with E-state index in [9.17, 15) is 9.59 Å². The zero-order chi connectivity index (χ0) is 28.1. The van der Waals surface area contributed by atoms with Gasteiger partial charge in [-0.15, -0.1) is 5.10 Å². The number of carbonyl (C=O) groups excluding carboxylic acids is 2. The van der Waals surface area contributed by atoms with E-state index in [2.05, 4.69) is 43.0 Å². The fourth-order valence-corrected chi connectivity index (χ4v) is 4.32. The second kappa shape index (κ2) is 11.8. The molecule has 1 atom stereocenters. The Hall–Kier alpha value is -5.05. The third kappa shape index (κ3) is 5.68. The molecule has 40 heavy (non-hydrogen) atoms.